The number of hydrogen-bond acceptors (Lipinski definition) is 2. The number of nitrogens with zero attached hydrogens (tertiary/aromatic N) is 1. The van der Waals surface area contributed by atoms with Gasteiger partial charge in [0, 0.05) is 16.6 Å². The third-order valence-electron chi connectivity index (χ3n) is 3.68. The maximum atomic E-state index is 13.5. The molecule has 1 aliphatic rings. The average molecular weight is 349 g/mol. The largest absolute Gasteiger partial charge is 0.398 e. The first-order valence-electron chi connectivity index (χ1n) is 6.67. The van der Waals surface area contributed by atoms with Crippen molar-refractivity contribution in [2.75, 3.05) is 10.6 Å². The molecule has 0 fully saturated rings. The number of benzene rings is 2. The Kier molecular flexibility index (Phi) is 3.68. The van der Waals surface area contributed by atoms with Crippen molar-refractivity contribution in [3.8, 4) is 0 Å². The van der Waals surface area contributed by atoms with E-state index in [1.54, 1.807) is 17.0 Å². The molecule has 5 heteroatoms. The van der Waals surface area contributed by atoms with E-state index in [2.05, 4.69) is 15.9 Å². The van der Waals surface area contributed by atoms with Crippen molar-refractivity contribution in [2.45, 2.75) is 19.4 Å². The molecular formula is C16H14BrFN2O. The fraction of sp³-hybridized carbons (Fsp3) is 0.188. The maximum Gasteiger partial charge on any atom is 0.227 e. The van der Waals surface area contributed by atoms with E-state index >= 15 is 0 Å². The van der Waals surface area contributed by atoms with Crippen molar-refractivity contribution in [3.63, 3.8) is 0 Å². The highest BCUT2D eigenvalue weighted by molar-refractivity contribution is 9.10. The van der Waals surface area contributed by atoms with Gasteiger partial charge in [-0.05, 0) is 41.8 Å². The Bertz CT molecular complexity index is 717. The normalized spacial score (nSPS) is 14.2. The van der Waals surface area contributed by atoms with Crippen LogP contribution in [-0.2, 0) is 17.8 Å². The van der Waals surface area contributed by atoms with E-state index in [0.717, 1.165) is 15.6 Å². The zero-order valence-corrected chi connectivity index (χ0v) is 12.9. The molecule has 1 amide bonds. The molecule has 1 heterocycles. The van der Waals surface area contributed by atoms with Crippen LogP contribution in [0.1, 0.15) is 17.5 Å². The lowest BCUT2D eigenvalue weighted by Gasteiger charge is -2.30. The Morgan fingerprint density at radius 3 is 2.76 bits per heavy atom. The number of halogens is 2. The molecule has 0 aromatic heterocycles. The third-order valence-corrected chi connectivity index (χ3v) is 4.18. The van der Waals surface area contributed by atoms with Crippen molar-refractivity contribution in [1.82, 2.24) is 0 Å². The van der Waals surface area contributed by atoms with Crippen molar-refractivity contribution < 1.29 is 9.18 Å². The van der Waals surface area contributed by atoms with Gasteiger partial charge in [0.15, 0.2) is 0 Å². The van der Waals surface area contributed by atoms with Crippen LogP contribution in [0.15, 0.2) is 40.9 Å². The molecule has 0 bridgehead atoms. The minimum absolute atomic E-state index is 0.00424. The maximum absolute atomic E-state index is 13.5. The lowest BCUT2D eigenvalue weighted by atomic mass is 10.00. The smallest absolute Gasteiger partial charge is 0.227 e. The molecule has 0 aliphatic carbocycles. The zero-order chi connectivity index (χ0) is 15.0. The molecule has 2 N–H and O–H groups in total. The number of aryl methyl sites for hydroxylation is 1. The minimum atomic E-state index is -0.336. The molecule has 3 nitrogen and oxygen atoms in total. The predicted octanol–water partition coefficient (Wildman–Crippen LogP) is 3.65. The van der Waals surface area contributed by atoms with Gasteiger partial charge in [-0.15, -0.1) is 0 Å². The topological polar surface area (TPSA) is 46.3 Å². The number of nitrogen functional groups attached to an aromatic ring is 1. The second kappa shape index (κ2) is 5.48. The molecule has 0 atom stereocenters. The summed E-state index contributed by atoms with van der Waals surface area (Å²) in [6.07, 6.45) is 1.09. The summed E-state index contributed by atoms with van der Waals surface area (Å²) in [6, 6.07) is 10.2. The standard InChI is InChI=1S/C16H14BrFN2O/c17-12-4-1-11(14(19)7-12)9-20-15-8-13(18)5-2-10(15)3-6-16(20)21/h1-2,4-5,7-8H,3,6,9,19H2. The summed E-state index contributed by atoms with van der Waals surface area (Å²) < 4.78 is 14.4. The van der Waals surface area contributed by atoms with Gasteiger partial charge in [-0.1, -0.05) is 28.1 Å². The molecule has 2 aromatic rings. The monoisotopic (exact) mass is 348 g/mol. The molecule has 0 saturated heterocycles. The second-order valence-electron chi connectivity index (χ2n) is 5.10. The Labute approximate surface area is 130 Å². The Balaban J connectivity index is 1.98. The highest BCUT2D eigenvalue weighted by Crippen LogP contribution is 2.31. The van der Waals surface area contributed by atoms with Gasteiger partial charge in [-0.2, -0.15) is 0 Å². The molecule has 3 rings (SSSR count). The highest BCUT2D eigenvalue weighted by atomic mass is 79.9. The van der Waals surface area contributed by atoms with Gasteiger partial charge < -0.3 is 10.6 Å². The molecule has 108 valence electrons. The Morgan fingerprint density at radius 1 is 1.19 bits per heavy atom. The number of carbonyl (C=O) groups is 1. The molecule has 0 saturated carbocycles. The molecule has 0 spiro atoms. The van der Waals surface area contributed by atoms with Crippen LogP contribution in [0.4, 0.5) is 15.8 Å². The van der Waals surface area contributed by atoms with Crippen molar-refractivity contribution in [3.05, 3.63) is 57.8 Å². The van der Waals surface area contributed by atoms with Gasteiger partial charge in [0.05, 0.1) is 12.2 Å². The van der Waals surface area contributed by atoms with Gasteiger partial charge in [0.25, 0.3) is 0 Å². The van der Waals surface area contributed by atoms with Gasteiger partial charge >= 0.3 is 0 Å². The van der Waals surface area contributed by atoms with E-state index in [9.17, 15) is 9.18 Å². The van der Waals surface area contributed by atoms with Gasteiger partial charge in [0.2, 0.25) is 5.91 Å². The average Bonchev–Trinajstić information content (AvgIpc) is 2.44. The van der Waals surface area contributed by atoms with Crippen molar-refractivity contribution >= 4 is 33.2 Å². The van der Waals surface area contributed by atoms with E-state index in [-0.39, 0.29) is 11.7 Å². The van der Waals surface area contributed by atoms with Crippen LogP contribution < -0.4 is 10.6 Å². The van der Waals surface area contributed by atoms with Gasteiger partial charge in [-0.25, -0.2) is 4.39 Å². The van der Waals surface area contributed by atoms with Crippen LogP contribution in [0.3, 0.4) is 0 Å². The summed E-state index contributed by atoms with van der Waals surface area (Å²) >= 11 is 3.36. The lowest BCUT2D eigenvalue weighted by molar-refractivity contribution is -0.119. The van der Waals surface area contributed by atoms with Crippen LogP contribution >= 0.6 is 15.9 Å². The number of hydrogen-bond donors (Lipinski definition) is 1. The first kappa shape index (κ1) is 14.1. The fourth-order valence-corrected chi connectivity index (χ4v) is 2.94. The SMILES string of the molecule is Nc1cc(Br)ccc1CN1C(=O)CCc2ccc(F)cc21. The summed E-state index contributed by atoms with van der Waals surface area (Å²) in [6.45, 7) is 0.356. The molecule has 1 aliphatic heterocycles. The van der Waals surface area contributed by atoms with Crippen LogP contribution in [0, 0.1) is 5.82 Å². The van der Waals surface area contributed by atoms with Gasteiger partial charge in [0.1, 0.15) is 5.82 Å². The highest BCUT2D eigenvalue weighted by Gasteiger charge is 2.25. The number of nitrogens with two attached hydrogens (primary N) is 1. The number of fused-ring (bicyclic) bond motifs is 1. The van der Waals surface area contributed by atoms with Crippen molar-refractivity contribution in [2.24, 2.45) is 0 Å². The Morgan fingerprint density at radius 2 is 2.00 bits per heavy atom. The first-order chi connectivity index (χ1) is 10.0. The van der Waals surface area contributed by atoms with Crippen molar-refractivity contribution in [1.29, 1.82) is 0 Å². The molecule has 2 aromatic carbocycles. The molecule has 0 radical (unpaired) electrons. The van der Waals surface area contributed by atoms with E-state index in [1.165, 1.54) is 12.1 Å². The fourth-order valence-electron chi connectivity index (χ4n) is 2.56. The number of amides is 1. The summed E-state index contributed by atoms with van der Waals surface area (Å²) in [4.78, 5) is 13.8. The Hall–Kier alpha value is -1.88. The van der Waals surface area contributed by atoms with E-state index in [1.807, 2.05) is 12.1 Å². The van der Waals surface area contributed by atoms with E-state index in [0.29, 0.717) is 30.8 Å². The van der Waals surface area contributed by atoms with Gasteiger partial charge in [-0.3, -0.25) is 4.79 Å². The summed E-state index contributed by atoms with van der Waals surface area (Å²) in [5, 5.41) is 0. The number of rotatable bonds is 2. The number of carbonyl (C=O) groups excluding carboxylic acids is 1. The minimum Gasteiger partial charge on any atom is -0.398 e. The summed E-state index contributed by atoms with van der Waals surface area (Å²) in [5.41, 5.74) is 9.09. The molecule has 0 unspecified atom stereocenters. The predicted molar refractivity (Wildman–Crippen MR) is 84.5 cm³/mol. The van der Waals surface area contributed by atoms with E-state index < -0.39 is 0 Å². The van der Waals surface area contributed by atoms with Crippen LogP contribution in [0.25, 0.3) is 0 Å². The van der Waals surface area contributed by atoms with Crippen LogP contribution in [0.5, 0.6) is 0 Å². The zero-order valence-electron chi connectivity index (χ0n) is 11.3. The second-order valence-corrected chi connectivity index (χ2v) is 6.01. The quantitative estimate of drug-likeness (QED) is 0.842. The lowest BCUT2D eigenvalue weighted by Crippen LogP contribution is -2.34. The molecular weight excluding hydrogens is 335 g/mol. The summed E-state index contributed by atoms with van der Waals surface area (Å²) in [7, 11) is 0. The number of anilines is 2. The van der Waals surface area contributed by atoms with E-state index in [4.69, 9.17) is 5.73 Å². The van der Waals surface area contributed by atoms with Crippen LogP contribution in [0.2, 0.25) is 0 Å². The summed E-state index contributed by atoms with van der Waals surface area (Å²) in [5.74, 6) is -0.340. The first-order valence-corrected chi connectivity index (χ1v) is 7.46. The third kappa shape index (κ3) is 2.78. The molecule has 21 heavy (non-hydrogen) atoms. The van der Waals surface area contributed by atoms with Crippen LogP contribution in [-0.4, -0.2) is 5.91 Å².